The van der Waals surface area contributed by atoms with Crippen LogP contribution in [-0.4, -0.2) is 31.1 Å². The van der Waals surface area contributed by atoms with E-state index in [0.29, 0.717) is 18.3 Å². The molecule has 0 radical (unpaired) electrons. The molecule has 0 unspecified atom stereocenters. The summed E-state index contributed by atoms with van der Waals surface area (Å²) in [6.07, 6.45) is 1.73. The Balaban J connectivity index is 0.00000361. The highest BCUT2D eigenvalue weighted by molar-refractivity contribution is 14.0. The zero-order valence-electron chi connectivity index (χ0n) is 12.6. The Labute approximate surface area is 138 Å². The van der Waals surface area contributed by atoms with E-state index < -0.39 is 0 Å². The first kappa shape index (κ1) is 18.9. The summed E-state index contributed by atoms with van der Waals surface area (Å²) in [5.41, 5.74) is 1.08. The molecule has 0 fully saturated rings. The van der Waals surface area contributed by atoms with Gasteiger partial charge in [0.1, 0.15) is 0 Å². The molecule has 1 rings (SSSR count). The zero-order chi connectivity index (χ0) is 14.1. The highest BCUT2D eigenvalue weighted by Gasteiger charge is 2.00. The molecule has 0 aliphatic heterocycles. The molecule has 6 heteroatoms. The average Bonchev–Trinajstić information content (AvgIpc) is 2.42. The molecule has 0 aliphatic rings. The monoisotopic (exact) mass is 392 g/mol. The van der Waals surface area contributed by atoms with Crippen LogP contribution in [0.15, 0.2) is 23.3 Å². The van der Waals surface area contributed by atoms with E-state index in [-0.39, 0.29) is 24.0 Å². The van der Waals surface area contributed by atoms with Gasteiger partial charge < -0.3 is 15.4 Å². The molecule has 5 nitrogen and oxygen atoms in total. The van der Waals surface area contributed by atoms with Crippen molar-refractivity contribution in [3.05, 3.63) is 23.9 Å². The van der Waals surface area contributed by atoms with Crippen LogP contribution in [-0.2, 0) is 6.54 Å². The number of guanidine groups is 1. The fourth-order valence-electron chi connectivity index (χ4n) is 1.47. The number of methoxy groups -OCH3 is 1. The van der Waals surface area contributed by atoms with E-state index in [1.807, 2.05) is 12.1 Å². The second kappa shape index (κ2) is 10.7. The van der Waals surface area contributed by atoms with Crippen molar-refractivity contribution in [3.8, 4) is 5.88 Å². The minimum Gasteiger partial charge on any atom is -0.481 e. The Morgan fingerprint density at radius 1 is 1.40 bits per heavy atom. The predicted octanol–water partition coefficient (Wildman–Crippen LogP) is 2.42. The van der Waals surface area contributed by atoms with Crippen LogP contribution in [0.4, 0.5) is 0 Å². The third-order valence-electron chi connectivity index (χ3n) is 2.45. The number of hydrogen-bond donors (Lipinski definition) is 2. The maximum absolute atomic E-state index is 5.10. The lowest BCUT2D eigenvalue weighted by molar-refractivity contribution is 0.397. The Kier molecular flexibility index (Phi) is 10.1. The van der Waals surface area contributed by atoms with Gasteiger partial charge in [0.2, 0.25) is 5.88 Å². The number of nitrogens with one attached hydrogen (secondary N) is 2. The van der Waals surface area contributed by atoms with Crippen LogP contribution < -0.4 is 15.4 Å². The molecule has 2 N–H and O–H groups in total. The number of ether oxygens (including phenoxy) is 1. The van der Waals surface area contributed by atoms with E-state index in [9.17, 15) is 0 Å². The zero-order valence-corrected chi connectivity index (χ0v) is 15.0. The van der Waals surface area contributed by atoms with Gasteiger partial charge in [-0.25, -0.2) is 9.98 Å². The van der Waals surface area contributed by atoms with Crippen molar-refractivity contribution < 1.29 is 4.74 Å². The smallest absolute Gasteiger partial charge is 0.213 e. The van der Waals surface area contributed by atoms with Gasteiger partial charge in [-0.2, -0.15) is 0 Å². The molecule has 1 aromatic rings. The number of pyridine rings is 1. The molecule has 20 heavy (non-hydrogen) atoms. The fourth-order valence-corrected chi connectivity index (χ4v) is 1.47. The Morgan fingerprint density at radius 2 is 2.15 bits per heavy atom. The highest BCUT2D eigenvalue weighted by Crippen LogP contribution is 2.09. The molecule has 0 spiro atoms. The van der Waals surface area contributed by atoms with Gasteiger partial charge >= 0.3 is 0 Å². The van der Waals surface area contributed by atoms with Gasteiger partial charge in [0.25, 0.3) is 0 Å². The fraction of sp³-hybridized carbons (Fsp3) is 0.571. The third kappa shape index (κ3) is 7.52. The summed E-state index contributed by atoms with van der Waals surface area (Å²) < 4.78 is 5.10. The van der Waals surface area contributed by atoms with E-state index in [4.69, 9.17) is 4.74 Å². The quantitative estimate of drug-likeness (QED) is 0.444. The van der Waals surface area contributed by atoms with Gasteiger partial charge in [-0.1, -0.05) is 13.8 Å². The Hall–Kier alpha value is -1.05. The largest absolute Gasteiger partial charge is 0.481 e. The number of rotatable bonds is 6. The van der Waals surface area contributed by atoms with Gasteiger partial charge in [-0.05, 0) is 24.5 Å². The van der Waals surface area contributed by atoms with Crippen molar-refractivity contribution in [1.29, 1.82) is 0 Å². The number of hydrogen-bond acceptors (Lipinski definition) is 3. The van der Waals surface area contributed by atoms with E-state index in [2.05, 4.69) is 41.4 Å². The molecule has 0 amide bonds. The molecule has 0 bridgehead atoms. The molecular weight excluding hydrogens is 367 g/mol. The molecule has 0 atom stereocenters. The van der Waals surface area contributed by atoms with Crippen LogP contribution in [0.5, 0.6) is 5.88 Å². The van der Waals surface area contributed by atoms with E-state index in [0.717, 1.165) is 24.6 Å². The predicted molar refractivity (Wildman–Crippen MR) is 93.9 cm³/mol. The van der Waals surface area contributed by atoms with Gasteiger partial charge in [0.05, 0.1) is 13.7 Å². The summed E-state index contributed by atoms with van der Waals surface area (Å²) in [5, 5.41) is 6.54. The summed E-state index contributed by atoms with van der Waals surface area (Å²) in [6, 6.07) is 3.84. The summed E-state index contributed by atoms with van der Waals surface area (Å²) in [4.78, 5) is 8.62. The number of aliphatic imine (C=N–C) groups is 1. The van der Waals surface area contributed by atoms with Crippen molar-refractivity contribution >= 4 is 29.9 Å². The highest BCUT2D eigenvalue weighted by atomic mass is 127. The van der Waals surface area contributed by atoms with Crippen LogP contribution in [0.1, 0.15) is 26.3 Å². The standard InChI is InChI=1S/C14H24N4O.HI/c1-5-15-14(17-9-11(2)3)18-10-12-6-7-16-13(8-12)19-4;/h6-8,11H,5,9-10H2,1-4H3,(H2,15,17,18);1H. The molecule has 1 heterocycles. The number of halogens is 1. The number of aromatic nitrogens is 1. The van der Waals surface area contributed by atoms with Gasteiger partial charge in [0, 0.05) is 25.4 Å². The second-order valence-corrected chi connectivity index (χ2v) is 4.68. The SMILES string of the molecule is CCNC(=NCc1ccnc(OC)c1)NCC(C)C.I. The lowest BCUT2D eigenvalue weighted by atomic mass is 10.2. The van der Waals surface area contributed by atoms with E-state index in [1.165, 1.54) is 0 Å². The number of nitrogens with zero attached hydrogens (tertiary/aromatic N) is 2. The maximum Gasteiger partial charge on any atom is 0.213 e. The first-order valence-electron chi connectivity index (χ1n) is 6.66. The molecule has 0 aromatic carbocycles. The third-order valence-corrected chi connectivity index (χ3v) is 2.45. The second-order valence-electron chi connectivity index (χ2n) is 4.68. The Morgan fingerprint density at radius 3 is 2.75 bits per heavy atom. The van der Waals surface area contributed by atoms with Crippen molar-refractivity contribution in [2.45, 2.75) is 27.3 Å². The van der Waals surface area contributed by atoms with Crippen LogP contribution in [0.3, 0.4) is 0 Å². The van der Waals surface area contributed by atoms with Crippen LogP contribution >= 0.6 is 24.0 Å². The first-order chi connectivity index (χ1) is 9.15. The topological polar surface area (TPSA) is 58.5 Å². The van der Waals surface area contributed by atoms with Crippen LogP contribution in [0.2, 0.25) is 0 Å². The summed E-state index contributed by atoms with van der Waals surface area (Å²) in [5.74, 6) is 2.05. The van der Waals surface area contributed by atoms with Crippen molar-refractivity contribution in [2.75, 3.05) is 20.2 Å². The summed E-state index contributed by atoms with van der Waals surface area (Å²) in [7, 11) is 1.61. The lowest BCUT2D eigenvalue weighted by Gasteiger charge is -2.13. The minimum absolute atomic E-state index is 0. The van der Waals surface area contributed by atoms with Crippen molar-refractivity contribution in [1.82, 2.24) is 15.6 Å². The van der Waals surface area contributed by atoms with E-state index >= 15 is 0 Å². The Bertz CT molecular complexity index is 410. The average molecular weight is 392 g/mol. The van der Waals surface area contributed by atoms with Crippen molar-refractivity contribution in [2.24, 2.45) is 10.9 Å². The molecular formula is C14H25IN4O. The van der Waals surface area contributed by atoms with Crippen LogP contribution in [0.25, 0.3) is 0 Å². The minimum atomic E-state index is 0. The normalized spacial score (nSPS) is 10.9. The van der Waals surface area contributed by atoms with Crippen LogP contribution in [0, 0.1) is 5.92 Å². The maximum atomic E-state index is 5.10. The summed E-state index contributed by atoms with van der Waals surface area (Å²) in [6.45, 7) is 8.76. The van der Waals surface area contributed by atoms with Gasteiger partial charge in [-0.3, -0.25) is 0 Å². The van der Waals surface area contributed by atoms with Crippen molar-refractivity contribution in [3.63, 3.8) is 0 Å². The van der Waals surface area contributed by atoms with Gasteiger partial charge in [-0.15, -0.1) is 24.0 Å². The molecule has 1 aromatic heterocycles. The molecule has 0 aliphatic carbocycles. The first-order valence-corrected chi connectivity index (χ1v) is 6.66. The lowest BCUT2D eigenvalue weighted by Crippen LogP contribution is -2.39. The van der Waals surface area contributed by atoms with E-state index in [1.54, 1.807) is 13.3 Å². The molecule has 114 valence electrons. The van der Waals surface area contributed by atoms with Gasteiger partial charge in [0.15, 0.2) is 5.96 Å². The summed E-state index contributed by atoms with van der Waals surface area (Å²) >= 11 is 0. The molecule has 0 saturated heterocycles. The molecule has 0 saturated carbocycles.